The molecule has 2 N–H and O–H groups in total. The lowest BCUT2D eigenvalue weighted by molar-refractivity contribution is 0.243. The van der Waals surface area contributed by atoms with Crippen molar-refractivity contribution in [3.05, 3.63) is 29.7 Å². The van der Waals surface area contributed by atoms with Crippen LogP contribution in [0.2, 0.25) is 0 Å². The minimum atomic E-state index is 0.0901. The van der Waals surface area contributed by atoms with Crippen LogP contribution in [0, 0.1) is 6.92 Å². The summed E-state index contributed by atoms with van der Waals surface area (Å²) < 4.78 is 10.8. The number of aromatic nitrogens is 2. The van der Waals surface area contributed by atoms with Crippen LogP contribution in [0.1, 0.15) is 25.3 Å². The number of benzene rings is 1. The second-order valence-electron chi connectivity index (χ2n) is 4.38. The monoisotopic (exact) mass is 247 g/mol. The maximum atomic E-state index is 5.74. The second-order valence-corrected chi connectivity index (χ2v) is 4.38. The quantitative estimate of drug-likeness (QED) is 0.897. The van der Waals surface area contributed by atoms with E-state index in [2.05, 4.69) is 10.1 Å². The molecule has 0 aliphatic carbocycles. The van der Waals surface area contributed by atoms with Crippen molar-refractivity contribution >= 4 is 0 Å². The first-order valence-corrected chi connectivity index (χ1v) is 5.90. The number of aryl methyl sites for hydroxylation is 1. The molecule has 0 fully saturated rings. The van der Waals surface area contributed by atoms with Crippen LogP contribution in [0.4, 0.5) is 0 Å². The van der Waals surface area contributed by atoms with Crippen LogP contribution in [0.3, 0.4) is 0 Å². The SMILES string of the molecule is Cc1ccc(OC(C)C)c(-c2noc(CN)n2)c1. The zero-order chi connectivity index (χ0) is 13.1. The summed E-state index contributed by atoms with van der Waals surface area (Å²) in [5.41, 5.74) is 7.40. The zero-order valence-corrected chi connectivity index (χ0v) is 10.8. The van der Waals surface area contributed by atoms with Crippen LogP contribution >= 0.6 is 0 Å². The van der Waals surface area contributed by atoms with Gasteiger partial charge in [-0.25, -0.2) is 0 Å². The Balaban J connectivity index is 2.43. The topological polar surface area (TPSA) is 74.2 Å². The molecule has 0 aliphatic heterocycles. The fourth-order valence-corrected chi connectivity index (χ4v) is 1.62. The zero-order valence-electron chi connectivity index (χ0n) is 10.8. The lowest BCUT2D eigenvalue weighted by Crippen LogP contribution is -2.06. The molecular formula is C13H17N3O2. The standard InChI is InChI=1S/C13H17N3O2/c1-8(2)17-11-5-4-9(3)6-10(11)13-15-12(7-14)18-16-13/h4-6,8H,7,14H2,1-3H3. The van der Waals surface area contributed by atoms with E-state index in [9.17, 15) is 0 Å². The molecule has 0 spiro atoms. The Morgan fingerprint density at radius 1 is 1.39 bits per heavy atom. The molecule has 0 unspecified atom stereocenters. The largest absolute Gasteiger partial charge is 0.490 e. The van der Waals surface area contributed by atoms with Gasteiger partial charge >= 0.3 is 0 Å². The number of rotatable bonds is 4. The minimum absolute atomic E-state index is 0.0901. The Morgan fingerprint density at radius 3 is 2.78 bits per heavy atom. The van der Waals surface area contributed by atoms with Crippen LogP contribution in [0.15, 0.2) is 22.7 Å². The average molecular weight is 247 g/mol. The van der Waals surface area contributed by atoms with Crippen LogP contribution in [0.25, 0.3) is 11.4 Å². The van der Waals surface area contributed by atoms with Gasteiger partial charge in [0.05, 0.1) is 18.2 Å². The highest BCUT2D eigenvalue weighted by molar-refractivity contribution is 5.64. The van der Waals surface area contributed by atoms with E-state index in [1.54, 1.807) is 0 Å². The van der Waals surface area contributed by atoms with Gasteiger partial charge in [-0.15, -0.1) is 0 Å². The van der Waals surface area contributed by atoms with Crippen molar-refractivity contribution in [2.24, 2.45) is 5.73 Å². The third-order valence-electron chi connectivity index (χ3n) is 2.38. The van der Waals surface area contributed by atoms with Gasteiger partial charge in [-0.3, -0.25) is 0 Å². The molecule has 0 amide bonds. The van der Waals surface area contributed by atoms with Crippen LogP contribution in [-0.2, 0) is 6.54 Å². The van der Waals surface area contributed by atoms with Gasteiger partial charge in [0.15, 0.2) is 0 Å². The van der Waals surface area contributed by atoms with Crippen molar-refractivity contribution in [3.63, 3.8) is 0 Å². The van der Waals surface area contributed by atoms with Crippen LogP contribution < -0.4 is 10.5 Å². The summed E-state index contributed by atoms with van der Waals surface area (Å²) in [6, 6.07) is 5.89. The Hall–Kier alpha value is -1.88. The third-order valence-corrected chi connectivity index (χ3v) is 2.38. The summed E-state index contributed by atoms with van der Waals surface area (Å²) >= 11 is 0. The number of nitrogens with two attached hydrogens (primary N) is 1. The van der Waals surface area contributed by atoms with Gasteiger partial charge in [0.2, 0.25) is 11.7 Å². The summed E-state index contributed by atoms with van der Waals surface area (Å²) in [5, 5.41) is 3.92. The molecule has 0 atom stereocenters. The molecular weight excluding hydrogens is 230 g/mol. The number of hydrogen-bond donors (Lipinski definition) is 1. The van der Waals surface area contributed by atoms with Crippen molar-refractivity contribution < 1.29 is 9.26 Å². The van der Waals surface area contributed by atoms with Gasteiger partial charge in [0.25, 0.3) is 0 Å². The van der Waals surface area contributed by atoms with Crippen LogP contribution in [-0.4, -0.2) is 16.2 Å². The predicted octanol–water partition coefficient (Wildman–Crippen LogP) is 2.29. The molecule has 18 heavy (non-hydrogen) atoms. The lowest BCUT2D eigenvalue weighted by atomic mass is 10.1. The van der Waals surface area contributed by atoms with E-state index in [1.165, 1.54) is 0 Å². The molecule has 0 aliphatic rings. The first-order chi connectivity index (χ1) is 8.60. The predicted molar refractivity (Wildman–Crippen MR) is 68.1 cm³/mol. The van der Waals surface area contributed by atoms with E-state index >= 15 is 0 Å². The minimum Gasteiger partial charge on any atom is -0.490 e. The summed E-state index contributed by atoms with van der Waals surface area (Å²) in [5.74, 6) is 1.68. The summed E-state index contributed by atoms with van der Waals surface area (Å²) in [4.78, 5) is 4.23. The molecule has 0 bridgehead atoms. The highest BCUT2D eigenvalue weighted by atomic mass is 16.5. The second kappa shape index (κ2) is 5.18. The van der Waals surface area contributed by atoms with E-state index in [4.69, 9.17) is 15.0 Å². The molecule has 5 heteroatoms. The van der Waals surface area contributed by atoms with Crippen molar-refractivity contribution in [3.8, 4) is 17.1 Å². The van der Waals surface area contributed by atoms with Gasteiger partial charge in [0.1, 0.15) is 5.75 Å². The molecule has 2 aromatic rings. The number of nitrogens with zero attached hydrogens (tertiary/aromatic N) is 2. The molecule has 1 aromatic carbocycles. The highest BCUT2D eigenvalue weighted by Gasteiger charge is 2.14. The van der Waals surface area contributed by atoms with E-state index < -0.39 is 0 Å². The van der Waals surface area contributed by atoms with Gasteiger partial charge in [-0.2, -0.15) is 4.98 Å². The van der Waals surface area contributed by atoms with E-state index in [1.807, 2.05) is 39.0 Å². The molecule has 1 aromatic heterocycles. The van der Waals surface area contributed by atoms with Gasteiger partial charge in [-0.1, -0.05) is 16.8 Å². The third kappa shape index (κ3) is 2.68. The Bertz CT molecular complexity index is 535. The maximum absolute atomic E-state index is 5.74. The van der Waals surface area contributed by atoms with E-state index in [0.29, 0.717) is 11.7 Å². The summed E-state index contributed by atoms with van der Waals surface area (Å²) in [6.45, 7) is 6.20. The number of ether oxygens (including phenoxy) is 1. The van der Waals surface area contributed by atoms with Crippen molar-refractivity contribution in [2.45, 2.75) is 33.4 Å². The maximum Gasteiger partial charge on any atom is 0.240 e. The van der Waals surface area contributed by atoms with E-state index in [0.717, 1.165) is 16.9 Å². The fourth-order valence-electron chi connectivity index (χ4n) is 1.62. The first kappa shape index (κ1) is 12.6. The van der Waals surface area contributed by atoms with Crippen molar-refractivity contribution in [1.82, 2.24) is 10.1 Å². The lowest BCUT2D eigenvalue weighted by Gasteiger charge is -2.12. The molecule has 0 saturated carbocycles. The highest BCUT2D eigenvalue weighted by Crippen LogP contribution is 2.29. The molecule has 96 valence electrons. The normalized spacial score (nSPS) is 10.9. The Labute approximate surface area is 106 Å². The Kier molecular flexibility index (Phi) is 3.62. The van der Waals surface area contributed by atoms with E-state index in [-0.39, 0.29) is 12.6 Å². The van der Waals surface area contributed by atoms with Gasteiger partial charge < -0.3 is 15.0 Å². The van der Waals surface area contributed by atoms with Crippen LogP contribution in [0.5, 0.6) is 5.75 Å². The molecule has 0 saturated heterocycles. The number of hydrogen-bond acceptors (Lipinski definition) is 5. The fraction of sp³-hybridized carbons (Fsp3) is 0.385. The molecule has 0 radical (unpaired) electrons. The van der Waals surface area contributed by atoms with Crippen molar-refractivity contribution in [2.75, 3.05) is 0 Å². The summed E-state index contributed by atoms with van der Waals surface area (Å²) in [6.07, 6.45) is 0.0901. The smallest absolute Gasteiger partial charge is 0.240 e. The molecule has 2 rings (SSSR count). The molecule has 5 nitrogen and oxygen atoms in total. The first-order valence-electron chi connectivity index (χ1n) is 5.90. The van der Waals surface area contributed by atoms with Crippen molar-refractivity contribution in [1.29, 1.82) is 0 Å². The Morgan fingerprint density at radius 2 is 2.17 bits per heavy atom. The summed E-state index contributed by atoms with van der Waals surface area (Å²) in [7, 11) is 0. The molecule has 1 heterocycles. The average Bonchev–Trinajstić information content (AvgIpc) is 2.79. The van der Waals surface area contributed by atoms with Gasteiger partial charge in [0, 0.05) is 0 Å². The van der Waals surface area contributed by atoms with Gasteiger partial charge in [-0.05, 0) is 32.9 Å².